The Kier molecular flexibility index (Phi) is 16.2. The zero-order valence-corrected chi connectivity index (χ0v) is 26.7. The molecule has 2 heterocycles. The Labute approximate surface area is 269 Å². The van der Waals surface area contributed by atoms with Gasteiger partial charge in [-0.1, -0.05) is 48.0 Å². The molecule has 12 heteroatoms. The number of aryl methyl sites for hydroxylation is 1. The number of carbonyl (C=O) groups excluding carboxylic acids is 5. The number of nitrogens with one attached hydrogen (secondary N) is 2. The van der Waals surface area contributed by atoms with Crippen LogP contribution >= 0.6 is 0 Å². The highest BCUT2D eigenvalue weighted by Crippen LogP contribution is 2.27. The van der Waals surface area contributed by atoms with Crippen LogP contribution in [-0.2, 0) is 28.7 Å². The van der Waals surface area contributed by atoms with E-state index in [1.165, 1.54) is 35.4 Å². The number of piperazine rings is 1. The number of carbonyl (C=O) groups is 5. The SMILES string of the molecule is C#C.C=C.COC(=O)[C@H](CC(=O)Nc1cccc2c(C(=O)C(=O)N3CCN(C=O)CC3)c[nH]c12)OC(C)(C)O.Cc1ccccc1. The fourth-order valence-electron chi connectivity index (χ4n) is 4.29. The number of aliphatic hydroxyl groups is 1. The van der Waals surface area contributed by atoms with Gasteiger partial charge in [0.15, 0.2) is 11.9 Å². The molecule has 3 amide bonds. The fraction of sp³-hybridized carbons (Fsp3) is 0.324. The van der Waals surface area contributed by atoms with E-state index in [1.807, 2.05) is 18.2 Å². The lowest BCUT2D eigenvalue weighted by Crippen LogP contribution is -2.50. The van der Waals surface area contributed by atoms with Crippen molar-refractivity contribution in [1.29, 1.82) is 0 Å². The van der Waals surface area contributed by atoms with Crippen LogP contribution in [0.3, 0.4) is 0 Å². The molecule has 0 bridgehead atoms. The van der Waals surface area contributed by atoms with Gasteiger partial charge in [-0.3, -0.25) is 19.2 Å². The summed E-state index contributed by atoms with van der Waals surface area (Å²) < 4.78 is 9.86. The zero-order chi connectivity index (χ0) is 34.9. The molecule has 1 aromatic heterocycles. The van der Waals surface area contributed by atoms with E-state index >= 15 is 0 Å². The highest BCUT2D eigenvalue weighted by atomic mass is 16.6. The third kappa shape index (κ3) is 11.7. The summed E-state index contributed by atoms with van der Waals surface area (Å²) in [5.74, 6) is -4.45. The van der Waals surface area contributed by atoms with E-state index in [-0.39, 0.29) is 18.7 Å². The lowest BCUT2D eigenvalue weighted by Gasteiger charge is -2.32. The standard InChI is InChI=1S/C23H28N4O8.C7H8.C2H4.C2H2/c1-23(2,33)35-17(22(32)34-3)11-18(29)25-16-6-4-5-14-15(12-24-19(14)16)20(30)21(31)27-9-7-26(13-28)8-10-27;1-7-5-3-2-4-6-7;2*1-2/h4-6,12-13,17,24,33H,7-11H2,1-3H3,(H,25,29);2-6H,1H3;1-2H2;1-2H/t17-;;;/m0.../s1. The molecule has 0 spiro atoms. The van der Waals surface area contributed by atoms with Gasteiger partial charge in [0.05, 0.1) is 30.3 Å². The number of rotatable bonds is 9. The van der Waals surface area contributed by atoms with Gasteiger partial charge >= 0.3 is 5.97 Å². The monoisotopic (exact) mass is 634 g/mol. The molecule has 1 aliphatic heterocycles. The van der Waals surface area contributed by atoms with Crippen LogP contribution < -0.4 is 5.32 Å². The number of ether oxygens (including phenoxy) is 2. The average molecular weight is 635 g/mol. The largest absolute Gasteiger partial charge is 0.467 e. The first-order valence-corrected chi connectivity index (χ1v) is 14.2. The zero-order valence-electron chi connectivity index (χ0n) is 26.7. The lowest BCUT2D eigenvalue weighted by molar-refractivity contribution is -0.216. The molecular formula is C34H42N4O8. The summed E-state index contributed by atoms with van der Waals surface area (Å²) in [5.41, 5.74) is 2.21. The third-order valence-corrected chi connectivity index (χ3v) is 6.38. The maximum Gasteiger partial charge on any atom is 0.335 e. The van der Waals surface area contributed by atoms with Gasteiger partial charge in [0.1, 0.15) is 0 Å². The molecule has 46 heavy (non-hydrogen) atoms. The predicted molar refractivity (Wildman–Crippen MR) is 176 cm³/mol. The van der Waals surface area contributed by atoms with E-state index in [2.05, 4.69) is 60.1 Å². The Morgan fingerprint density at radius 2 is 1.65 bits per heavy atom. The number of aromatic nitrogens is 1. The van der Waals surface area contributed by atoms with Crippen molar-refractivity contribution in [3.63, 3.8) is 0 Å². The average Bonchev–Trinajstić information content (AvgIpc) is 3.50. The number of para-hydroxylation sites is 1. The van der Waals surface area contributed by atoms with Crippen molar-refractivity contribution < 1.29 is 38.6 Å². The number of amides is 3. The summed E-state index contributed by atoms with van der Waals surface area (Å²) >= 11 is 0. The number of anilines is 1. The second-order valence-corrected chi connectivity index (χ2v) is 10.2. The van der Waals surface area contributed by atoms with Crippen LogP contribution in [0.2, 0.25) is 0 Å². The summed E-state index contributed by atoms with van der Waals surface area (Å²) in [6, 6.07) is 15.1. The predicted octanol–water partition coefficient (Wildman–Crippen LogP) is 3.31. The number of benzene rings is 2. The second kappa shape index (κ2) is 19.2. The number of fused-ring (bicyclic) bond motifs is 1. The van der Waals surface area contributed by atoms with Crippen LogP contribution in [0.5, 0.6) is 0 Å². The number of aromatic amines is 1. The number of ketones is 1. The van der Waals surface area contributed by atoms with E-state index < -0.39 is 41.9 Å². The van der Waals surface area contributed by atoms with Gasteiger partial charge in [0.25, 0.3) is 11.7 Å². The van der Waals surface area contributed by atoms with Gasteiger partial charge in [-0.05, 0) is 26.8 Å². The van der Waals surface area contributed by atoms with Crippen molar-refractivity contribution >= 4 is 46.6 Å². The summed E-state index contributed by atoms with van der Waals surface area (Å²) in [4.78, 5) is 67.0. The van der Waals surface area contributed by atoms with E-state index in [1.54, 1.807) is 18.2 Å². The topological polar surface area (TPSA) is 158 Å². The maximum absolute atomic E-state index is 12.9. The van der Waals surface area contributed by atoms with Crippen LogP contribution in [0, 0.1) is 19.8 Å². The minimum absolute atomic E-state index is 0.150. The van der Waals surface area contributed by atoms with Crippen LogP contribution in [0.25, 0.3) is 10.9 Å². The minimum Gasteiger partial charge on any atom is -0.467 e. The van der Waals surface area contributed by atoms with Gasteiger partial charge in [0.2, 0.25) is 12.3 Å². The molecule has 0 saturated carbocycles. The van der Waals surface area contributed by atoms with Crippen LogP contribution in [-0.4, -0.2) is 95.0 Å². The molecule has 0 radical (unpaired) electrons. The number of methoxy groups -OCH3 is 1. The van der Waals surface area contributed by atoms with Crippen LogP contribution in [0.1, 0.15) is 36.2 Å². The first-order valence-electron chi connectivity index (χ1n) is 14.2. The molecule has 1 fully saturated rings. The molecule has 0 aliphatic carbocycles. The summed E-state index contributed by atoms with van der Waals surface area (Å²) in [7, 11) is 1.14. The quantitative estimate of drug-likeness (QED) is 0.0615. The smallest absolute Gasteiger partial charge is 0.335 e. The van der Waals surface area contributed by atoms with E-state index in [9.17, 15) is 29.1 Å². The fourth-order valence-corrected chi connectivity index (χ4v) is 4.29. The number of Topliss-reactive ketones (excluding diaryl/α,β-unsaturated/α-hetero) is 1. The van der Waals surface area contributed by atoms with Crippen molar-refractivity contribution in [3.8, 4) is 12.8 Å². The highest BCUT2D eigenvalue weighted by molar-refractivity contribution is 6.45. The van der Waals surface area contributed by atoms with Crippen molar-refractivity contribution in [2.75, 3.05) is 38.6 Å². The molecule has 1 aliphatic rings. The molecular weight excluding hydrogens is 592 g/mol. The van der Waals surface area contributed by atoms with Crippen molar-refractivity contribution in [3.05, 3.63) is 79.0 Å². The van der Waals surface area contributed by atoms with Gasteiger partial charge in [-0.25, -0.2) is 4.79 Å². The van der Waals surface area contributed by atoms with Crippen molar-refractivity contribution in [1.82, 2.24) is 14.8 Å². The van der Waals surface area contributed by atoms with Crippen LogP contribution in [0.4, 0.5) is 5.69 Å². The summed E-state index contributed by atoms with van der Waals surface area (Å²) in [5, 5.41) is 12.9. The second-order valence-electron chi connectivity index (χ2n) is 10.2. The normalized spacial score (nSPS) is 12.8. The van der Waals surface area contributed by atoms with Gasteiger partial charge in [-0.2, -0.15) is 0 Å². The van der Waals surface area contributed by atoms with Gasteiger partial charge in [-0.15, -0.1) is 26.0 Å². The molecule has 12 nitrogen and oxygen atoms in total. The number of H-pyrrole nitrogens is 1. The number of nitrogens with zero attached hydrogens (tertiary/aromatic N) is 2. The number of hydrogen-bond acceptors (Lipinski definition) is 8. The minimum atomic E-state index is -1.67. The Morgan fingerprint density at radius 3 is 2.15 bits per heavy atom. The molecule has 4 rings (SSSR count). The van der Waals surface area contributed by atoms with Crippen molar-refractivity contribution in [2.45, 2.75) is 39.1 Å². The highest BCUT2D eigenvalue weighted by Gasteiger charge is 2.31. The molecule has 3 N–H and O–H groups in total. The Hall–Kier alpha value is -5.25. The van der Waals surface area contributed by atoms with Gasteiger partial charge in [0, 0.05) is 37.8 Å². The van der Waals surface area contributed by atoms with Crippen molar-refractivity contribution in [2.24, 2.45) is 0 Å². The molecule has 1 saturated heterocycles. The summed E-state index contributed by atoms with van der Waals surface area (Å²) in [6.07, 6.45) is 8.35. The van der Waals surface area contributed by atoms with Gasteiger partial charge < -0.3 is 34.7 Å². The molecule has 0 unspecified atom stereocenters. The number of esters is 1. The first-order chi connectivity index (χ1) is 21.9. The van der Waals surface area contributed by atoms with Crippen LogP contribution in [0.15, 0.2) is 67.9 Å². The Bertz CT molecular complexity index is 1470. The number of hydrogen-bond donors (Lipinski definition) is 3. The van der Waals surface area contributed by atoms with E-state index in [0.717, 1.165) is 7.11 Å². The third-order valence-electron chi connectivity index (χ3n) is 6.38. The molecule has 1 atom stereocenters. The van der Waals surface area contributed by atoms with E-state index in [0.29, 0.717) is 36.1 Å². The van der Waals surface area contributed by atoms with E-state index in [4.69, 9.17) is 4.74 Å². The number of terminal acetylenes is 1. The maximum atomic E-state index is 12.9. The Morgan fingerprint density at radius 1 is 1.04 bits per heavy atom. The lowest BCUT2D eigenvalue weighted by atomic mass is 10.1. The Balaban J connectivity index is 0.000000825. The first kappa shape index (κ1) is 38.8. The molecule has 3 aromatic rings. The summed E-state index contributed by atoms with van der Waals surface area (Å²) in [6.45, 7) is 12.0. The molecule has 246 valence electrons. The molecule has 2 aromatic carbocycles.